The molecule has 0 N–H and O–H groups in total. The standard InChI is InChI=1S/C15H7BrClF2NO/c16-8-4-5-10(13(18)6-8)15(21)11(7-20)9-2-1-3-12(17)14(9)19/h1-6,11H. The Morgan fingerprint density at radius 3 is 2.62 bits per heavy atom. The lowest BCUT2D eigenvalue weighted by Crippen LogP contribution is -2.14. The quantitative estimate of drug-likeness (QED) is 0.723. The molecule has 0 spiro atoms. The van der Waals surface area contributed by atoms with Crippen LogP contribution in [0.15, 0.2) is 40.9 Å². The van der Waals surface area contributed by atoms with Gasteiger partial charge in [0.05, 0.1) is 16.7 Å². The smallest absolute Gasteiger partial charge is 0.187 e. The monoisotopic (exact) mass is 369 g/mol. The van der Waals surface area contributed by atoms with E-state index in [4.69, 9.17) is 16.9 Å². The van der Waals surface area contributed by atoms with Crippen molar-refractivity contribution in [2.75, 3.05) is 0 Å². The van der Waals surface area contributed by atoms with Gasteiger partial charge < -0.3 is 0 Å². The lowest BCUT2D eigenvalue weighted by atomic mass is 9.91. The highest BCUT2D eigenvalue weighted by atomic mass is 79.9. The van der Waals surface area contributed by atoms with Crippen molar-refractivity contribution < 1.29 is 13.6 Å². The molecule has 0 aliphatic carbocycles. The van der Waals surface area contributed by atoms with Crippen molar-refractivity contribution in [3.63, 3.8) is 0 Å². The van der Waals surface area contributed by atoms with Crippen molar-refractivity contribution in [3.8, 4) is 6.07 Å². The summed E-state index contributed by atoms with van der Waals surface area (Å²) >= 11 is 8.71. The van der Waals surface area contributed by atoms with Crippen LogP contribution in [-0.2, 0) is 0 Å². The van der Waals surface area contributed by atoms with Gasteiger partial charge in [0.25, 0.3) is 0 Å². The second-order valence-electron chi connectivity index (χ2n) is 4.19. The lowest BCUT2D eigenvalue weighted by Gasteiger charge is -2.11. The van der Waals surface area contributed by atoms with Gasteiger partial charge in [-0.3, -0.25) is 4.79 Å². The zero-order valence-electron chi connectivity index (χ0n) is 10.4. The van der Waals surface area contributed by atoms with E-state index in [-0.39, 0.29) is 16.1 Å². The Kier molecular flexibility index (Phi) is 4.71. The first-order valence-electron chi connectivity index (χ1n) is 5.78. The molecule has 2 nitrogen and oxygen atoms in total. The first-order valence-corrected chi connectivity index (χ1v) is 6.95. The van der Waals surface area contributed by atoms with Crippen LogP contribution in [0.4, 0.5) is 8.78 Å². The van der Waals surface area contributed by atoms with Crippen LogP contribution in [0.3, 0.4) is 0 Å². The number of hydrogen-bond donors (Lipinski definition) is 0. The van der Waals surface area contributed by atoms with E-state index in [0.29, 0.717) is 4.47 Å². The third kappa shape index (κ3) is 3.12. The highest BCUT2D eigenvalue weighted by Crippen LogP contribution is 2.28. The van der Waals surface area contributed by atoms with Crippen molar-refractivity contribution >= 4 is 33.3 Å². The molecule has 0 aliphatic heterocycles. The minimum absolute atomic E-state index is 0.169. The highest BCUT2D eigenvalue weighted by molar-refractivity contribution is 9.10. The second kappa shape index (κ2) is 6.33. The number of ketones is 1. The van der Waals surface area contributed by atoms with Gasteiger partial charge in [-0.05, 0) is 24.3 Å². The van der Waals surface area contributed by atoms with Crippen LogP contribution in [0.5, 0.6) is 0 Å². The fraction of sp³-hybridized carbons (Fsp3) is 0.0667. The zero-order chi connectivity index (χ0) is 15.6. The molecule has 106 valence electrons. The van der Waals surface area contributed by atoms with Gasteiger partial charge in [0.2, 0.25) is 0 Å². The third-order valence-electron chi connectivity index (χ3n) is 2.88. The Balaban J connectivity index is 2.49. The van der Waals surface area contributed by atoms with Gasteiger partial charge in [0.1, 0.15) is 17.6 Å². The highest BCUT2D eigenvalue weighted by Gasteiger charge is 2.27. The van der Waals surface area contributed by atoms with E-state index in [9.17, 15) is 13.6 Å². The summed E-state index contributed by atoms with van der Waals surface area (Å²) in [6.45, 7) is 0. The first-order chi connectivity index (χ1) is 9.95. The van der Waals surface area contributed by atoms with E-state index in [1.807, 2.05) is 0 Å². The molecule has 0 radical (unpaired) electrons. The number of benzene rings is 2. The number of Topliss-reactive ketones (excluding diaryl/α,β-unsaturated/α-hetero) is 1. The maximum Gasteiger partial charge on any atom is 0.187 e. The Labute approximate surface area is 133 Å². The van der Waals surface area contributed by atoms with Crippen molar-refractivity contribution in [3.05, 3.63) is 68.7 Å². The van der Waals surface area contributed by atoms with Crippen LogP contribution in [0.25, 0.3) is 0 Å². The summed E-state index contributed by atoms with van der Waals surface area (Å²) in [6.07, 6.45) is 0. The number of rotatable bonds is 3. The molecule has 0 aliphatic rings. The number of nitrogens with zero attached hydrogens (tertiary/aromatic N) is 1. The minimum atomic E-state index is -1.46. The van der Waals surface area contributed by atoms with Gasteiger partial charge in [-0.25, -0.2) is 8.78 Å². The first kappa shape index (κ1) is 15.6. The number of halogens is 4. The van der Waals surface area contributed by atoms with E-state index in [1.54, 1.807) is 6.07 Å². The van der Waals surface area contributed by atoms with Crippen LogP contribution < -0.4 is 0 Å². The van der Waals surface area contributed by atoms with Crippen molar-refractivity contribution in [2.45, 2.75) is 5.92 Å². The van der Waals surface area contributed by atoms with Crippen LogP contribution in [0.2, 0.25) is 5.02 Å². The Hall–Kier alpha value is -1.77. The SMILES string of the molecule is N#CC(C(=O)c1ccc(Br)cc1F)c1cccc(Cl)c1F. The molecule has 21 heavy (non-hydrogen) atoms. The number of carbonyl (C=O) groups excluding carboxylic acids is 1. The van der Waals surface area contributed by atoms with E-state index in [0.717, 1.165) is 6.07 Å². The third-order valence-corrected chi connectivity index (χ3v) is 3.67. The number of nitriles is 1. The summed E-state index contributed by atoms with van der Waals surface area (Å²) < 4.78 is 28.2. The van der Waals surface area contributed by atoms with E-state index < -0.39 is 23.3 Å². The Bertz CT molecular complexity index is 758. The Morgan fingerprint density at radius 2 is 2.00 bits per heavy atom. The van der Waals surface area contributed by atoms with E-state index >= 15 is 0 Å². The van der Waals surface area contributed by atoms with E-state index in [2.05, 4.69) is 15.9 Å². The van der Waals surface area contributed by atoms with Crippen molar-refractivity contribution in [1.82, 2.24) is 0 Å². The van der Waals surface area contributed by atoms with Crippen molar-refractivity contribution in [2.24, 2.45) is 0 Å². The molecule has 0 amide bonds. The van der Waals surface area contributed by atoms with Crippen LogP contribution in [0.1, 0.15) is 21.8 Å². The molecule has 2 aromatic rings. The van der Waals surface area contributed by atoms with Crippen LogP contribution in [0, 0.1) is 23.0 Å². The maximum atomic E-state index is 13.9. The maximum absolute atomic E-state index is 13.9. The fourth-order valence-corrected chi connectivity index (χ4v) is 2.37. The predicted molar refractivity (Wildman–Crippen MR) is 78.2 cm³/mol. The normalized spacial score (nSPS) is 11.8. The molecule has 0 aromatic heterocycles. The molecule has 0 heterocycles. The van der Waals surface area contributed by atoms with E-state index in [1.165, 1.54) is 30.3 Å². The lowest BCUT2D eigenvalue weighted by molar-refractivity contribution is 0.0973. The van der Waals surface area contributed by atoms with Gasteiger partial charge in [-0.2, -0.15) is 5.26 Å². The van der Waals surface area contributed by atoms with Gasteiger partial charge in [0, 0.05) is 10.0 Å². The summed E-state index contributed by atoms with van der Waals surface area (Å²) in [4.78, 5) is 12.3. The predicted octanol–water partition coefficient (Wildman–Crippen LogP) is 4.87. The van der Waals surface area contributed by atoms with Crippen LogP contribution in [-0.4, -0.2) is 5.78 Å². The molecule has 2 rings (SSSR count). The second-order valence-corrected chi connectivity index (χ2v) is 5.52. The van der Waals surface area contributed by atoms with Crippen LogP contribution >= 0.6 is 27.5 Å². The number of carbonyl (C=O) groups is 1. The molecule has 0 bridgehead atoms. The zero-order valence-corrected chi connectivity index (χ0v) is 12.8. The molecular weight excluding hydrogens is 364 g/mol. The topological polar surface area (TPSA) is 40.9 Å². The molecular formula is C15H7BrClF2NO. The fourth-order valence-electron chi connectivity index (χ4n) is 1.86. The van der Waals surface area contributed by atoms with Crippen molar-refractivity contribution in [1.29, 1.82) is 5.26 Å². The molecule has 1 atom stereocenters. The largest absolute Gasteiger partial charge is 0.292 e. The van der Waals surface area contributed by atoms with Gasteiger partial charge in [-0.1, -0.05) is 39.7 Å². The molecule has 0 saturated heterocycles. The average molecular weight is 371 g/mol. The molecule has 0 fully saturated rings. The summed E-state index contributed by atoms with van der Waals surface area (Å²) in [5.41, 5.74) is -0.443. The summed E-state index contributed by atoms with van der Waals surface area (Å²) in [7, 11) is 0. The minimum Gasteiger partial charge on any atom is -0.292 e. The molecule has 6 heteroatoms. The summed E-state index contributed by atoms with van der Waals surface area (Å²) in [6, 6.07) is 9.54. The van der Waals surface area contributed by atoms with Gasteiger partial charge in [-0.15, -0.1) is 0 Å². The Morgan fingerprint density at radius 1 is 1.29 bits per heavy atom. The molecule has 1 unspecified atom stereocenters. The average Bonchev–Trinajstić information content (AvgIpc) is 2.44. The van der Waals surface area contributed by atoms with Gasteiger partial charge in [0.15, 0.2) is 5.78 Å². The summed E-state index contributed by atoms with van der Waals surface area (Å²) in [5, 5.41) is 8.96. The molecule has 2 aromatic carbocycles. The summed E-state index contributed by atoms with van der Waals surface area (Å²) in [5.74, 6) is -3.91. The number of hydrogen-bond acceptors (Lipinski definition) is 2. The van der Waals surface area contributed by atoms with Gasteiger partial charge >= 0.3 is 0 Å². The molecule has 0 saturated carbocycles.